The van der Waals surface area contributed by atoms with Gasteiger partial charge in [-0.15, -0.1) is 0 Å². The third-order valence-corrected chi connectivity index (χ3v) is 1.35. The van der Waals surface area contributed by atoms with Gasteiger partial charge in [0.1, 0.15) is 5.75 Å². The fourth-order valence-corrected chi connectivity index (χ4v) is 0.756. The summed E-state index contributed by atoms with van der Waals surface area (Å²) in [5.41, 5.74) is 0.359. The topological polar surface area (TPSA) is 46.5 Å². The number of phenolic OH excluding ortho intramolecular Hbond substituents is 1. The van der Waals surface area contributed by atoms with Crippen LogP contribution < -0.4 is 29.6 Å². The maximum absolute atomic E-state index is 10.7. The van der Waals surface area contributed by atoms with Gasteiger partial charge in [0.25, 0.3) is 0 Å². The SMILES string of the molecule is O=C(OS)c1ccc(O)cc1.[H-].[Na+]. The van der Waals surface area contributed by atoms with E-state index in [4.69, 9.17) is 5.11 Å². The normalized spacial score (nSPS) is 8.42. The molecule has 0 spiro atoms. The zero-order valence-corrected chi connectivity index (χ0v) is 9.41. The molecule has 0 aliphatic heterocycles. The molecule has 60 valence electrons. The molecule has 0 aliphatic rings. The first-order valence-electron chi connectivity index (χ1n) is 2.89. The van der Waals surface area contributed by atoms with Crippen LogP contribution in [-0.4, -0.2) is 11.1 Å². The molecule has 1 N–H and O–H groups in total. The van der Waals surface area contributed by atoms with Crippen molar-refractivity contribution in [3.63, 3.8) is 0 Å². The van der Waals surface area contributed by atoms with E-state index in [-0.39, 0.29) is 36.7 Å². The monoisotopic (exact) mass is 194 g/mol. The Balaban J connectivity index is 0. The molecule has 0 saturated heterocycles. The van der Waals surface area contributed by atoms with Crippen molar-refractivity contribution in [3.8, 4) is 5.75 Å². The summed E-state index contributed by atoms with van der Waals surface area (Å²) in [6.07, 6.45) is 0. The van der Waals surface area contributed by atoms with Gasteiger partial charge in [0.15, 0.2) is 0 Å². The summed E-state index contributed by atoms with van der Waals surface area (Å²) >= 11 is 3.34. The third-order valence-electron chi connectivity index (χ3n) is 1.19. The van der Waals surface area contributed by atoms with Gasteiger partial charge in [-0.25, -0.2) is 4.79 Å². The quantitative estimate of drug-likeness (QED) is 0.325. The van der Waals surface area contributed by atoms with E-state index >= 15 is 0 Å². The molecule has 3 nitrogen and oxygen atoms in total. The first-order valence-corrected chi connectivity index (χ1v) is 3.25. The van der Waals surface area contributed by atoms with E-state index < -0.39 is 5.97 Å². The number of aromatic hydroxyl groups is 1. The largest absolute Gasteiger partial charge is 1.00 e. The van der Waals surface area contributed by atoms with E-state index in [2.05, 4.69) is 17.1 Å². The van der Waals surface area contributed by atoms with Crippen molar-refractivity contribution < 1.29 is 45.1 Å². The van der Waals surface area contributed by atoms with Gasteiger partial charge >= 0.3 is 35.5 Å². The maximum Gasteiger partial charge on any atom is 1.00 e. The van der Waals surface area contributed by atoms with Gasteiger partial charge in [0.2, 0.25) is 0 Å². The molecule has 0 saturated carbocycles. The predicted octanol–water partition coefficient (Wildman–Crippen LogP) is -1.49. The molecule has 1 aromatic rings. The molecule has 1 rings (SSSR count). The van der Waals surface area contributed by atoms with Crippen LogP contribution in [0.4, 0.5) is 0 Å². The molecule has 5 heteroatoms. The van der Waals surface area contributed by atoms with Crippen LogP contribution in [0.5, 0.6) is 5.75 Å². The fraction of sp³-hybridized carbons (Fsp3) is 0. The second-order valence-corrected chi connectivity index (χ2v) is 2.11. The van der Waals surface area contributed by atoms with E-state index in [1.54, 1.807) is 0 Å². The van der Waals surface area contributed by atoms with E-state index in [9.17, 15) is 4.79 Å². The van der Waals surface area contributed by atoms with Gasteiger partial charge in [-0.1, -0.05) is 0 Å². The Hall–Kier alpha value is -0.160. The molecule has 0 aliphatic carbocycles. The summed E-state index contributed by atoms with van der Waals surface area (Å²) in [6.45, 7) is 0. The minimum atomic E-state index is -0.534. The summed E-state index contributed by atoms with van der Waals surface area (Å²) in [4.78, 5) is 10.7. The molecule has 0 radical (unpaired) electrons. The second-order valence-electron chi connectivity index (χ2n) is 1.93. The summed E-state index contributed by atoms with van der Waals surface area (Å²) in [5.74, 6) is -0.422. The standard InChI is InChI=1S/C7H6O3S.Na.H/c8-6-3-1-5(2-4-6)7(9)10-11;;/h1-4,8,11H;;/q;+1;-1. The van der Waals surface area contributed by atoms with Crippen LogP contribution in [0.3, 0.4) is 0 Å². The zero-order valence-electron chi connectivity index (χ0n) is 7.52. The van der Waals surface area contributed by atoms with Crippen molar-refractivity contribution in [1.82, 2.24) is 0 Å². The van der Waals surface area contributed by atoms with Crippen LogP contribution in [0.1, 0.15) is 11.8 Å². The van der Waals surface area contributed by atoms with Crippen LogP contribution in [-0.2, 0) is 4.18 Å². The summed E-state index contributed by atoms with van der Waals surface area (Å²) in [7, 11) is 0. The van der Waals surface area contributed by atoms with Crippen molar-refractivity contribution in [2.45, 2.75) is 0 Å². The number of carbonyl (C=O) groups is 1. The summed E-state index contributed by atoms with van der Waals surface area (Å²) in [5, 5.41) is 8.84. The van der Waals surface area contributed by atoms with Crippen LogP contribution in [0.15, 0.2) is 24.3 Å². The predicted molar refractivity (Wildman–Crippen MR) is 43.6 cm³/mol. The van der Waals surface area contributed by atoms with Crippen LogP contribution in [0.25, 0.3) is 0 Å². The number of hydrogen-bond donors (Lipinski definition) is 2. The molecule has 0 unspecified atom stereocenters. The van der Waals surface area contributed by atoms with Crippen molar-refractivity contribution >= 4 is 18.9 Å². The van der Waals surface area contributed by atoms with Gasteiger partial charge in [-0.05, 0) is 24.3 Å². The molecule has 0 heterocycles. The number of thiol groups is 1. The molecule has 0 amide bonds. The van der Waals surface area contributed by atoms with Gasteiger partial charge in [-0.3, -0.25) is 0 Å². The summed E-state index contributed by atoms with van der Waals surface area (Å²) < 4.78 is 4.15. The Kier molecular flexibility index (Phi) is 5.41. The number of phenols is 1. The third kappa shape index (κ3) is 3.06. The first kappa shape index (κ1) is 11.8. The Bertz CT molecular complexity index is 265. The molecule has 0 aromatic heterocycles. The van der Waals surface area contributed by atoms with Gasteiger partial charge < -0.3 is 10.7 Å². The Labute approximate surface area is 99.1 Å². The average molecular weight is 194 g/mol. The zero-order chi connectivity index (χ0) is 8.27. The average Bonchev–Trinajstić information content (AvgIpc) is 2.05. The molecular formula is C7H7NaO3S. The number of benzene rings is 1. The molecular weight excluding hydrogens is 187 g/mol. The second kappa shape index (κ2) is 5.48. The van der Waals surface area contributed by atoms with Crippen LogP contribution >= 0.6 is 12.9 Å². The van der Waals surface area contributed by atoms with Crippen LogP contribution in [0.2, 0.25) is 0 Å². The minimum absolute atomic E-state index is 0. The van der Waals surface area contributed by atoms with Gasteiger partial charge in [0.05, 0.1) is 5.56 Å². The molecule has 1 aromatic carbocycles. The molecule has 0 bridgehead atoms. The Morgan fingerprint density at radius 2 is 1.92 bits per heavy atom. The molecule has 0 atom stereocenters. The van der Waals surface area contributed by atoms with Gasteiger partial charge in [-0.2, -0.15) is 0 Å². The molecule has 12 heavy (non-hydrogen) atoms. The van der Waals surface area contributed by atoms with Crippen molar-refractivity contribution in [2.24, 2.45) is 0 Å². The number of rotatable bonds is 1. The van der Waals surface area contributed by atoms with Crippen molar-refractivity contribution in [1.29, 1.82) is 0 Å². The van der Waals surface area contributed by atoms with E-state index in [1.807, 2.05) is 0 Å². The smallest absolute Gasteiger partial charge is 1.00 e. The van der Waals surface area contributed by atoms with Crippen molar-refractivity contribution in [3.05, 3.63) is 29.8 Å². The Morgan fingerprint density at radius 1 is 1.42 bits per heavy atom. The van der Waals surface area contributed by atoms with E-state index in [1.165, 1.54) is 24.3 Å². The first-order chi connectivity index (χ1) is 5.24. The van der Waals surface area contributed by atoms with E-state index in [0.29, 0.717) is 5.56 Å². The minimum Gasteiger partial charge on any atom is -1.00 e. The Morgan fingerprint density at radius 3 is 2.33 bits per heavy atom. The number of hydrogen-bond acceptors (Lipinski definition) is 4. The van der Waals surface area contributed by atoms with Gasteiger partial charge in [0, 0.05) is 12.9 Å². The summed E-state index contributed by atoms with van der Waals surface area (Å²) in [6, 6.07) is 5.71. The van der Waals surface area contributed by atoms with E-state index in [0.717, 1.165) is 0 Å². The van der Waals surface area contributed by atoms with Crippen LogP contribution in [0, 0.1) is 0 Å². The maximum atomic E-state index is 10.7. The fourth-order valence-electron chi connectivity index (χ4n) is 0.650. The molecule has 0 fully saturated rings. The number of carbonyl (C=O) groups excluding carboxylic acids is 1. The van der Waals surface area contributed by atoms with Crippen molar-refractivity contribution in [2.75, 3.05) is 0 Å².